The first-order valence-electron chi connectivity index (χ1n) is 8.82. The molecule has 0 radical (unpaired) electrons. The topological polar surface area (TPSA) is 50.2 Å². The molecule has 2 aromatic carbocycles. The molecule has 128 valence electrons. The van der Waals surface area contributed by atoms with Gasteiger partial charge in [0.15, 0.2) is 0 Å². The number of aromatic nitrogens is 2. The van der Waals surface area contributed by atoms with Crippen molar-refractivity contribution in [2.45, 2.75) is 25.4 Å². The second-order valence-corrected chi connectivity index (χ2v) is 6.42. The number of nitrogens with zero attached hydrogens (tertiary/aromatic N) is 3. The van der Waals surface area contributed by atoms with Gasteiger partial charge in [-0.15, -0.1) is 0 Å². The number of urea groups is 1. The summed E-state index contributed by atoms with van der Waals surface area (Å²) in [4.78, 5) is 18.7. The molecule has 0 spiro atoms. The molecule has 1 unspecified atom stereocenters. The minimum Gasteiger partial charge on any atom is -0.338 e. The molecule has 1 saturated heterocycles. The number of likely N-dealkylation sites (tertiary alicyclic amines) is 1. The maximum Gasteiger partial charge on any atom is 0.317 e. The molecule has 2 heterocycles. The van der Waals surface area contributed by atoms with Gasteiger partial charge in [-0.2, -0.15) is 0 Å². The summed E-state index contributed by atoms with van der Waals surface area (Å²) in [5.41, 5.74) is 3.37. The third-order valence-electron chi connectivity index (χ3n) is 4.84. The Morgan fingerprint density at radius 3 is 2.72 bits per heavy atom. The third kappa shape index (κ3) is 3.22. The Kier molecular flexibility index (Phi) is 4.37. The standard InChI is InChI=1S/C20H22N4O/c25-20(24-14-11-18(24)16-7-2-1-3-8-16)21-12-6-13-23-15-22-17-9-4-5-10-19(17)23/h1-5,7-10,15,18H,6,11-14H2,(H,21,25). The number of aryl methyl sites for hydroxylation is 1. The second kappa shape index (κ2) is 6.97. The van der Waals surface area contributed by atoms with E-state index < -0.39 is 0 Å². The molecular formula is C20H22N4O. The van der Waals surface area contributed by atoms with Crippen molar-refractivity contribution in [1.82, 2.24) is 19.8 Å². The Hall–Kier alpha value is -2.82. The number of para-hydroxylation sites is 2. The molecule has 1 atom stereocenters. The van der Waals surface area contributed by atoms with Crippen LogP contribution in [-0.4, -0.2) is 33.6 Å². The van der Waals surface area contributed by atoms with Crippen molar-refractivity contribution in [3.05, 3.63) is 66.5 Å². The molecule has 0 saturated carbocycles. The normalized spacial score (nSPS) is 16.6. The highest BCUT2D eigenvalue weighted by atomic mass is 16.2. The minimum atomic E-state index is 0.0376. The van der Waals surface area contributed by atoms with Crippen LogP contribution in [0.15, 0.2) is 60.9 Å². The largest absolute Gasteiger partial charge is 0.338 e. The highest BCUT2D eigenvalue weighted by molar-refractivity contribution is 5.76. The number of carbonyl (C=O) groups is 1. The van der Waals surface area contributed by atoms with Gasteiger partial charge >= 0.3 is 6.03 Å². The predicted octanol–water partition coefficient (Wildman–Crippen LogP) is 3.58. The van der Waals surface area contributed by atoms with E-state index in [-0.39, 0.29) is 12.1 Å². The van der Waals surface area contributed by atoms with Crippen LogP contribution in [0.25, 0.3) is 11.0 Å². The molecule has 1 aliphatic heterocycles. The van der Waals surface area contributed by atoms with Crippen molar-refractivity contribution in [1.29, 1.82) is 0 Å². The quantitative estimate of drug-likeness (QED) is 0.725. The lowest BCUT2D eigenvalue weighted by Gasteiger charge is -2.41. The third-order valence-corrected chi connectivity index (χ3v) is 4.84. The van der Waals surface area contributed by atoms with E-state index in [2.05, 4.69) is 33.1 Å². The van der Waals surface area contributed by atoms with E-state index in [4.69, 9.17) is 0 Å². The summed E-state index contributed by atoms with van der Waals surface area (Å²) in [5, 5.41) is 3.05. The van der Waals surface area contributed by atoms with Gasteiger partial charge in [0.05, 0.1) is 23.4 Å². The monoisotopic (exact) mass is 334 g/mol. The molecule has 1 aromatic heterocycles. The Balaban J connectivity index is 1.27. The smallest absolute Gasteiger partial charge is 0.317 e. The number of carbonyl (C=O) groups excluding carboxylic acids is 1. The van der Waals surface area contributed by atoms with E-state index in [9.17, 15) is 4.79 Å². The van der Waals surface area contributed by atoms with E-state index in [1.54, 1.807) is 0 Å². The second-order valence-electron chi connectivity index (χ2n) is 6.42. The lowest BCUT2D eigenvalue weighted by atomic mass is 9.95. The number of hydrogen-bond donors (Lipinski definition) is 1. The van der Waals surface area contributed by atoms with Crippen LogP contribution in [-0.2, 0) is 6.54 Å². The Morgan fingerprint density at radius 1 is 1.12 bits per heavy atom. The summed E-state index contributed by atoms with van der Waals surface area (Å²) >= 11 is 0. The van der Waals surface area contributed by atoms with Gasteiger partial charge in [-0.1, -0.05) is 42.5 Å². The van der Waals surface area contributed by atoms with E-state index in [1.807, 2.05) is 47.6 Å². The fourth-order valence-electron chi connectivity index (χ4n) is 3.39. The average molecular weight is 334 g/mol. The number of imidazole rings is 1. The van der Waals surface area contributed by atoms with Gasteiger partial charge in [-0.3, -0.25) is 0 Å². The first kappa shape index (κ1) is 15.7. The molecule has 5 nitrogen and oxygen atoms in total. The van der Waals surface area contributed by atoms with E-state index in [0.29, 0.717) is 6.54 Å². The molecule has 4 rings (SSSR count). The van der Waals surface area contributed by atoms with Crippen LogP contribution in [0.5, 0.6) is 0 Å². The van der Waals surface area contributed by atoms with Gasteiger partial charge in [0.25, 0.3) is 0 Å². The maximum absolute atomic E-state index is 12.4. The van der Waals surface area contributed by atoms with Gasteiger partial charge in [0.1, 0.15) is 0 Å². The van der Waals surface area contributed by atoms with Crippen LogP contribution in [0.2, 0.25) is 0 Å². The van der Waals surface area contributed by atoms with Crippen LogP contribution in [0.1, 0.15) is 24.4 Å². The molecule has 0 aliphatic carbocycles. The molecule has 5 heteroatoms. The Morgan fingerprint density at radius 2 is 1.92 bits per heavy atom. The SMILES string of the molecule is O=C(NCCCn1cnc2ccccc21)N1CCC1c1ccccc1. The molecule has 2 amide bonds. The van der Waals surface area contributed by atoms with Crippen molar-refractivity contribution in [3.8, 4) is 0 Å². The zero-order valence-electron chi connectivity index (χ0n) is 14.1. The number of fused-ring (bicyclic) bond motifs is 1. The summed E-state index contributed by atoms with van der Waals surface area (Å²) in [6, 6.07) is 18.6. The van der Waals surface area contributed by atoms with Crippen molar-refractivity contribution in [3.63, 3.8) is 0 Å². The van der Waals surface area contributed by atoms with Gasteiger partial charge in [-0.25, -0.2) is 9.78 Å². The van der Waals surface area contributed by atoms with Crippen molar-refractivity contribution >= 4 is 17.1 Å². The highest BCUT2D eigenvalue weighted by Crippen LogP contribution is 2.32. The van der Waals surface area contributed by atoms with Crippen LogP contribution in [0.3, 0.4) is 0 Å². The fourth-order valence-corrected chi connectivity index (χ4v) is 3.39. The lowest BCUT2D eigenvalue weighted by Crippen LogP contribution is -2.50. The van der Waals surface area contributed by atoms with Gasteiger partial charge in [0, 0.05) is 19.6 Å². The van der Waals surface area contributed by atoms with Crippen molar-refractivity contribution in [2.24, 2.45) is 0 Å². The van der Waals surface area contributed by atoms with Crippen LogP contribution < -0.4 is 5.32 Å². The number of benzene rings is 2. The number of amides is 2. The molecule has 3 aromatic rings. The molecule has 1 N–H and O–H groups in total. The van der Waals surface area contributed by atoms with Crippen LogP contribution >= 0.6 is 0 Å². The summed E-state index contributed by atoms with van der Waals surface area (Å²) in [6.45, 7) is 2.35. The van der Waals surface area contributed by atoms with Gasteiger partial charge < -0.3 is 14.8 Å². The maximum atomic E-state index is 12.4. The van der Waals surface area contributed by atoms with Crippen LogP contribution in [0, 0.1) is 0 Å². The van der Waals surface area contributed by atoms with Crippen molar-refractivity contribution in [2.75, 3.05) is 13.1 Å². The highest BCUT2D eigenvalue weighted by Gasteiger charge is 2.32. The molecule has 1 fully saturated rings. The molecule has 25 heavy (non-hydrogen) atoms. The van der Waals surface area contributed by atoms with Gasteiger partial charge in [0.2, 0.25) is 0 Å². The van der Waals surface area contributed by atoms with Gasteiger partial charge in [-0.05, 0) is 30.5 Å². The lowest BCUT2D eigenvalue weighted by molar-refractivity contribution is 0.115. The van der Waals surface area contributed by atoms with E-state index >= 15 is 0 Å². The number of rotatable bonds is 5. The number of nitrogens with one attached hydrogen (secondary N) is 1. The zero-order chi connectivity index (χ0) is 17.1. The first-order chi connectivity index (χ1) is 12.3. The van der Waals surface area contributed by atoms with Crippen LogP contribution in [0.4, 0.5) is 4.79 Å². The fraction of sp³-hybridized carbons (Fsp3) is 0.300. The summed E-state index contributed by atoms with van der Waals surface area (Å²) < 4.78 is 2.14. The van der Waals surface area contributed by atoms with Crippen molar-refractivity contribution < 1.29 is 4.79 Å². The van der Waals surface area contributed by atoms with E-state index in [0.717, 1.165) is 37.0 Å². The first-order valence-corrected chi connectivity index (χ1v) is 8.82. The van der Waals surface area contributed by atoms with E-state index in [1.165, 1.54) is 5.56 Å². The minimum absolute atomic E-state index is 0.0376. The summed E-state index contributed by atoms with van der Waals surface area (Å²) in [5.74, 6) is 0. The molecule has 1 aliphatic rings. The summed E-state index contributed by atoms with van der Waals surface area (Å²) in [7, 11) is 0. The number of hydrogen-bond acceptors (Lipinski definition) is 2. The molecular weight excluding hydrogens is 312 g/mol. The zero-order valence-corrected chi connectivity index (χ0v) is 14.1. The predicted molar refractivity (Wildman–Crippen MR) is 98.3 cm³/mol. The Labute approximate surface area is 147 Å². The Bertz CT molecular complexity index is 858. The molecule has 0 bridgehead atoms. The average Bonchev–Trinajstić information content (AvgIpc) is 3.02. The summed E-state index contributed by atoms with van der Waals surface area (Å²) in [6.07, 6.45) is 3.79.